The van der Waals surface area contributed by atoms with Crippen LogP contribution in [0.25, 0.3) is 0 Å². The molecule has 0 bridgehead atoms. The topological polar surface area (TPSA) is 84.2 Å². The van der Waals surface area contributed by atoms with Gasteiger partial charge in [0.2, 0.25) is 11.6 Å². The summed E-state index contributed by atoms with van der Waals surface area (Å²) in [7, 11) is 1.74. The normalized spacial score (nSPS) is 10.5. The molecule has 0 aliphatic carbocycles. The Balaban J connectivity index is 2.50. The van der Waals surface area contributed by atoms with Crippen LogP contribution in [0.15, 0.2) is 36.7 Å². The summed E-state index contributed by atoms with van der Waals surface area (Å²) in [6.07, 6.45) is 1.33. The Bertz CT molecular complexity index is 631. The first-order valence-corrected chi connectivity index (χ1v) is 6.55. The highest BCUT2D eigenvalue weighted by Gasteiger charge is 2.26. The fourth-order valence-corrected chi connectivity index (χ4v) is 1.94. The number of hydrogen-bond acceptors (Lipinski definition) is 6. The van der Waals surface area contributed by atoms with Gasteiger partial charge >= 0.3 is 5.69 Å². The lowest BCUT2D eigenvalue weighted by molar-refractivity contribution is -0.383. The lowest BCUT2D eigenvalue weighted by Gasteiger charge is -2.19. The fourth-order valence-electron chi connectivity index (χ4n) is 1.94. The van der Waals surface area contributed by atoms with E-state index in [2.05, 4.69) is 15.3 Å². The average Bonchev–Trinajstić information content (AvgIpc) is 2.46. The van der Waals surface area contributed by atoms with Gasteiger partial charge in [0, 0.05) is 18.8 Å². The number of hydrogen-bond donors (Lipinski definition) is 1. The molecule has 0 radical (unpaired) electrons. The molecule has 0 aliphatic rings. The monoisotopic (exact) mass is 287 g/mol. The predicted molar refractivity (Wildman–Crippen MR) is 82.0 cm³/mol. The SMILES string of the molecule is CC(C)Nc1ncnc(N(C)c2ccccc2)c1[N+](=O)[O-]. The van der Waals surface area contributed by atoms with Crippen LogP contribution in [0.3, 0.4) is 0 Å². The molecule has 0 atom stereocenters. The van der Waals surface area contributed by atoms with Crippen LogP contribution in [0.5, 0.6) is 0 Å². The molecule has 1 heterocycles. The van der Waals surface area contributed by atoms with Gasteiger partial charge in [-0.3, -0.25) is 10.1 Å². The molecule has 0 unspecified atom stereocenters. The van der Waals surface area contributed by atoms with E-state index in [1.165, 1.54) is 6.33 Å². The molecule has 21 heavy (non-hydrogen) atoms. The van der Waals surface area contributed by atoms with Crippen LogP contribution in [0.2, 0.25) is 0 Å². The van der Waals surface area contributed by atoms with E-state index in [0.717, 1.165) is 5.69 Å². The van der Waals surface area contributed by atoms with Gasteiger partial charge in [-0.25, -0.2) is 9.97 Å². The van der Waals surface area contributed by atoms with Gasteiger partial charge in [-0.15, -0.1) is 0 Å². The number of nitro groups is 1. The molecule has 110 valence electrons. The van der Waals surface area contributed by atoms with Crippen molar-refractivity contribution in [2.75, 3.05) is 17.3 Å². The van der Waals surface area contributed by atoms with E-state index < -0.39 is 4.92 Å². The van der Waals surface area contributed by atoms with Gasteiger partial charge in [0.15, 0.2) is 0 Å². The van der Waals surface area contributed by atoms with E-state index in [-0.39, 0.29) is 23.4 Å². The maximum absolute atomic E-state index is 11.4. The molecular weight excluding hydrogens is 270 g/mol. The van der Waals surface area contributed by atoms with Crippen molar-refractivity contribution >= 4 is 23.0 Å². The second kappa shape index (κ2) is 6.17. The molecule has 0 aliphatic heterocycles. The Hall–Kier alpha value is -2.70. The van der Waals surface area contributed by atoms with Crippen LogP contribution < -0.4 is 10.2 Å². The summed E-state index contributed by atoms with van der Waals surface area (Å²) in [6, 6.07) is 9.38. The van der Waals surface area contributed by atoms with Gasteiger partial charge < -0.3 is 10.2 Å². The zero-order chi connectivity index (χ0) is 15.4. The number of nitrogens with one attached hydrogen (secondary N) is 1. The predicted octanol–water partition coefficient (Wildman–Crippen LogP) is 2.97. The van der Waals surface area contributed by atoms with Crippen LogP contribution >= 0.6 is 0 Å². The third-order valence-corrected chi connectivity index (χ3v) is 2.87. The highest BCUT2D eigenvalue weighted by atomic mass is 16.6. The largest absolute Gasteiger partial charge is 0.362 e. The Morgan fingerprint density at radius 3 is 2.48 bits per heavy atom. The zero-order valence-corrected chi connectivity index (χ0v) is 12.1. The van der Waals surface area contributed by atoms with Crippen LogP contribution in [0.1, 0.15) is 13.8 Å². The summed E-state index contributed by atoms with van der Waals surface area (Å²) in [5.74, 6) is 0.479. The summed E-state index contributed by atoms with van der Waals surface area (Å²) in [5.41, 5.74) is 0.687. The van der Waals surface area contributed by atoms with Gasteiger partial charge in [0.05, 0.1) is 4.92 Å². The zero-order valence-electron chi connectivity index (χ0n) is 12.1. The van der Waals surface area contributed by atoms with E-state index in [1.54, 1.807) is 11.9 Å². The smallest absolute Gasteiger partial charge is 0.353 e. The van der Waals surface area contributed by atoms with Gasteiger partial charge in [0.1, 0.15) is 6.33 Å². The molecule has 1 aromatic carbocycles. The van der Waals surface area contributed by atoms with Crippen molar-refractivity contribution in [1.29, 1.82) is 0 Å². The first kappa shape index (κ1) is 14.7. The second-order valence-corrected chi connectivity index (χ2v) is 4.85. The highest BCUT2D eigenvalue weighted by Crippen LogP contribution is 2.34. The number of benzene rings is 1. The summed E-state index contributed by atoms with van der Waals surface area (Å²) in [5, 5.41) is 14.4. The van der Waals surface area contributed by atoms with Gasteiger partial charge in [-0.2, -0.15) is 0 Å². The van der Waals surface area contributed by atoms with E-state index in [1.807, 2.05) is 44.2 Å². The molecule has 2 aromatic rings. The lowest BCUT2D eigenvalue weighted by atomic mass is 10.3. The van der Waals surface area contributed by atoms with Crippen molar-refractivity contribution in [1.82, 2.24) is 9.97 Å². The minimum atomic E-state index is -0.459. The van der Waals surface area contributed by atoms with E-state index in [9.17, 15) is 10.1 Å². The molecule has 0 fully saturated rings. The standard InChI is InChI=1S/C14H17N5O2/c1-10(2)17-13-12(19(20)21)14(16-9-15-13)18(3)11-7-5-4-6-8-11/h4-10H,1-3H3,(H,15,16,17). The minimum Gasteiger partial charge on any atom is -0.362 e. The molecule has 0 saturated heterocycles. The Morgan fingerprint density at radius 1 is 1.24 bits per heavy atom. The summed E-state index contributed by atoms with van der Waals surface area (Å²) in [6.45, 7) is 3.79. The van der Waals surface area contributed by atoms with Crippen molar-refractivity contribution in [3.8, 4) is 0 Å². The first-order chi connectivity index (χ1) is 10.0. The van der Waals surface area contributed by atoms with Gasteiger partial charge in [0.25, 0.3) is 0 Å². The number of anilines is 3. The van der Waals surface area contributed by atoms with Crippen molar-refractivity contribution in [2.24, 2.45) is 0 Å². The number of para-hydroxylation sites is 1. The molecule has 0 amide bonds. The molecule has 0 saturated carbocycles. The van der Waals surface area contributed by atoms with Crippen molar-refractivity contribution in [2.45, 2.75) is 19.9 Å². The number of nitrogens with zero attached hydrogens (tertiary/aromatic N) is 4. The fraction of sp³-hybridized carbons (Fsp3) is 0.286. The average molecular weight is 287 g/mol. The summed E-state index contributed by atoms with van der Waals surface area (Å²) < 4.78 is 0. The Labute approximate surface area is 122 Å². The Kier molecular flexibility index (Phi) is 4.32. The highest BCUT2D eigenvalue weighted by molar-refractivity contribution is 5.75. The molecule has 2 rings (SSSR count). The van der Waals surface area contributed by atoms with Crippen molar-refractivity contribution in [3.63, 3.8) is 0 Å². The third-order valence-electron chi connectivity index (χ3n) is 2.87. The van der Waals surface area contributed by atoms with Gasteiger partial charge in [-0.1, -0.05) is 18.2 Å². The molecule has 1 aromatic heterocycles. The maximum atomic E-state index is 11.4. The molecule has 7 nitrogen and oxygen atoms in total. The minimum absolute atomic E-state index is 0.0356. The maximum Gasteiger partial charge on any atom is 0.353 e. The summed E-state index contributed by atoms with van der Waals surface area (Å²) >= 11 is 0. The molecule has 0 spiro atoms. The third kappa shape index (κ3) is 3.25. The van der Waals surface area contributed by atoms with Gasteiger partial charge in [-0.05, 0) is 26.0 Å². The quantitative estimate of drug-likeness (QED) is 0.672. The number of aromatic nitrogens is 2. The van der Waals surface area contributed by atoms with Crippen LogP contribution in [-0.2, 0) is 0 Å². The second-order valence-electron chi connectivity index (χ2n) is 4.85. The lowest BCUT2D eigenvalue weighted by Crippen LogP contribution is -2.17. The molecule has 1 N–H and O–H groups in total. The van der Waals surface area contributed by atoms with E-state index in [4.69, 9.17) is 0 Å². The first-order valence-electron chi connectivity index (χ1n) is 6.55. The molecule has 7 heteroatoms. The van der Waals surface area contributed by atoms with Crippen molar-refractivity contribution in [3.05, 3.63) is 46.8 Å². The molecular formula is C14H17N5O2. The van der Waals surface area contributed by atoms with Crippen LogP contribution in [-0.4, -0.2) is 28.0 Å². The van der Waals surface area contributed by atoms with Crippen molar-refractivity contribution < 1.29 is 4.92 Å². The van der Waals surface area contributed by atoms with Crippen LogP contribution in [0, 0.1) is 10.1 Å². The Morgan fingerprint density at radius 2 is 1.90 bits per heavy atom. The number of rotatable bonds is 5. The van der Waals surface area contributed by atoms with Crippen LogP contribution in [0.4, 0.5) is 23.0 Å². The van der Waals surface area contributed by atoms with E-state index in [0.29, 0.717) is 0 Å². The summed E-state index contributed by atoms with van der Waals surface area (Å²) in [4.78, 5) is 20.7. The van der Waals surface area contributed by atoms with E-state index >= 15 is 0 Å².